The number of oxazole rings is 1. The normalized spacial score (nSPS) is 14.0. The molecule has 0 N–H and O–H groups in total. The van der Waals surface area contributed by atoms with Crippen LogP contribution in [0.3, 0.4) is 0 Å². The summed E-state index contributed by atoms with van der Waals surface area (Å²) >= 11 is 12.2. The molecule has 6 nitrogen and oxygen atoms in total. The molecule has 0 aliphatic carbocycles. The van der Waals surface area contributed by atoms with Crippen molar-refractivity contribution in [2.75, 3.05) is 31.1 Å². The number of rotatable bonds is 3. The van der Waals surface area contributed by atoms with Gasteiger partial charge in [0.25, 0.3) is 5.91 Å². The zero-order valence-electron chi connectivity index (χ0n) is 15.3. The third-order valence-electron chi connectivity index (χ3n) is 4.75. The van der Waals surface area contributed by atoms with Crippen LogP contribution in [-0.4, -0.2) is 42.0 Å². The van der Waals surface area contributed by atoms with Crippen LogP contribution in [0.4, 0.5) is 5.88 Å². The van der Waals surface area contributed by atoms with Crippen LogP contribution in [0.15, 0.2) is 52.9 Å². The number of aromatic nitrogens is 1. The van der Waals surface area contributed by atoms with Gasteiger partial charge in [-0.15, -0.1) is 0 Å². The minimum atomic E-state index is -0.0676. The van der Waals surface area contributed by atoms with Crippen LogP contribution in [0.2, 0.25) is 10.0 Å². The van der Waals surface area contributed by atoms with Gasteiger partial charge in [-0.25, -0.2) is 0 Å². The van der Waals surface area contributed by atoms with E-state index in [4.69, 9.17) is 27.6 Å². The van der Waals surface area contributed by atoms with Gasteiger partial charge < -0.3 is 14.2 Å². The van der Waals surface area contributed by atoms with Crippen LogP contribution in [-0.2, 0) is 0 Å². The topological polar surface area (TPSA) is 73.4 Å². The van der Waals surface area contributed by atoms with E-state index in [0.29, 0.717) is 59.1 Å². The number of anilines is 1. The number of halogens is 2. The number of nitriles is 1. The van der Waals surface area contributed by atoms with Crippen molar-refractivity contribution in [1.82, 2.24) is 9.88 Å². The quantitative estimate of drug-likeness (QED) is 0.616. The van der Waals surface area contributed by atoms with Gasteiger partial charge in [0, 0.05) is 36.8 Å². The Morgan fingerprint density at radius 1 is 1.07 bits per heavy atom. The highest BCUT2D eigenvalue weighted by atomic mass is 35.5. The molecule has 0 bridgehead atoms. The Bertz CT molecular complexity index is 1100. The molecule has 4 rings (SSSR count). The zero-order chi connectivity index (χ0) is 20.4. The molecule has 0 saturated carbocycles. The number of carbonyl (C=O) groups excluding carboxylic acids is 1. The zero-order valence-corrected chi connectivity index (χ0v) is 16.8. The van der Waals surface area contributed by atoms with Crippen LogP contribution in [0.1, 0.15) is 16.1 Å². The fraction of sp³-hybridized carbons (Fsp3) is 0.190. The van der Waals surface area contributed by atoms with Crippen LogP contribution in [0.25, 0.3) is 11.5 Å². The summed E-state index contributed by atoms with van der Waals surface area (Å²) in [5.74, 6) is 0.638. The second-order valence-electron chi connectivity index (χ2n) is 6.55. The highest BCUT2D eigenvalue weighted by molar-refractivity contribution is 6.33. The SMILES string of the molecule is N#Cc1nc(-c2ccccc2Cl)oc1N1CCN(C(=O)c2cccc(Cl)c2)CC1. The molecule has 1 fully saturated rings. The van der Waals surface area contributed by atoms with E-state index >= 15 is 0 Å². The second-order valence-corrected chi connectivity index (χ2v) is 7.40. The maximum Gasteiger partial charge on any atom is 0.254 e. The largest absolute Gasteiger partial charge is 0.419 e. The van der Waals surface area contributed by atoms with Crippen LogP contribution >= 0.6 is 23.2 Å². The van der Waals surface area contributed by atoms with E-state index in [-0.39, 0.29) is 11.6 Å². The Morgan fingerprint density at radius 2 is 1.83 bits per heavy atom. The number of benzene rings is 2. The van der Waals surface area contributed by atoms with E-state index in [9.17, 15) is 10.1 Å². The molecule has 146 valence electrons. The van der Waals surface area contributed by atoms with Gasteiger partial charge >= 0.3 is 0 Å². The number of hydrogen-bond donors (Lipinski definition) is 0. The summed E-state index contributed by atoms with van der Waals surface area (Å²) < 4.78 is 5.90. The minimum Gasteiger partial charge on any atom is -0.419 e. The number of piperazine rings is 1. The summed E-state index contributed by atoms with van der Waals surface area (Å²) in [6, 6.07) is 16.2. The van der Waals surface area contributed by atoms with E-state index in [1.165, 1.54) is 0 Å². The lowest BCUT2D eigenvalue weighted by molar-refractivity contribution is 0.0745. The first-order chi connectivity index (χ1) is 14.1. The summed E-state index contributed by atoms with van der Waals surface area (Å²) in [5.41, 5.74) is 1.39. The standard InChI is InChI=1S/C21H16Cl2N4O2/c22-15-5-3-4-14(12-15)20(28)26-8-10-27(11-9-26)21-18(13-24)25-19(29-21)16-6-1-2-7-17(16)23/h1-7,12H,8-11H2. The predicted octanol–water partition coefficient (Wildman–Crippen LogP) is 4.48. The molecule has 2 aromatic carbocycles. The molecule has 1 saturated heterocycles. The van der Waals surface area contributed by atoms with E-state index in [2.05, 4.69) is 11.1 Å². The maximum atomic E-state index is 12.7. The van der Waals surface area contributed by atoms with Crippen molar-refractivity contribution >= 4 is 35.0 Å². The predicted molar refractivity (Wildman–Crippen MR) is 111 cm³/mol. The Morgan fingerprint density at radius 3 is 2.52 bits per heavy atom. The molecule has 29 heavy (non-hydrogen) atoms. The first-order valence-electron chi connectivity index (χ1n) is 9.02. The number of amides is 1. The van der Waals surface area contributed by atoms with Crippen molar-refractivity contribution < 1.29 is 9.21 Å². The summed E-state index contributed by atoms with van der Waals surface area (Å²) in [7, 11) is 0. The first-order valence-corrected chi connectivity index (χ1v) is 9.78. The van der Waals surface area contributed by atoms with E-state index in [0.717, 1.165) is 0 Å². The summed E-state index contributed by atoms with van der Waals surface area (Å²) in [4.78, 5) is 20.7. The van der Waals surface area contributed by atoms with Crippen molar-refractivity contribution in [2.24, 2.45) is 0 Å². The van der Waals surface area contributed by atoms with Gasteiger partial charge in [0.15, 0.2) is 0 Å². The molecule has 1 aromatic heterocycles. The van der Waals surface area contributed by atoms with Crippen molar-refractivity contribution in [1.29, 1.82) is 5.26 Å². The van der Waals surface area contributed by atoms with Crippen LogP contribution in [0, 0.1) is 11.3 Å². The van der Waals surface area contributed by atoms with E-state index in [1.807, 2.05) is 17.0 Å². The molecule has 1 aliphatic heterocycles. The van der Waals surface area contributed by atoms with Gasteiger partial charge in [0.05, 0.1) is 10.6 Å². The molecule has 0 radical (unpaired) electrons. The van der Waals surface area contributed by atoms with Crippen LogP contribution < -0.4 is 4.90 Å². The maximum absolute atomic E-state index is 12.7. The van der Waals surface area contributed by atoms with E-state index in [1.54, 1.807) is 41.3 Å². The molecule has 1 amide bonds. The minimum absolute atomic E-state index is 0.0676. The molecular formula is C21H16Cl2N4O2. The molecule has 0 atom stereocenters. The van der Waals surface area contributed by atoms with Crippen LogP contribution in [0.5, 0.6) is 0 Å². The Balaban J connectivity index is 1.51. The third-order valence-corrected chi connectivity index (χ3v) is 5.31. The molecule has 0 spiro atoms. The smallest absolute Gasteiger partial charge is 0.254 e. The van der Waals surface area contributed by atoms with Crippen molar-refractivity contribution in [3.63, 3.8) is 0 Å². The Kier molecular flexibility index (Phi) is 5.43. The number of carbonyl (C=O) groups is 1. The first kappa shape index (κ1) is 19.3. The number of nitrogens with zero attached hydrogens (tertiary/aromatic N) is 4. The summed E-state index contributed by atoms with van der Waals surface area (Å²) in [6.07, 6.45) is 0. The van der Waals surface area contributed by atoms with Gasteiger partial charge in [0.1, 0.15) is 6.07 Å². The van der Waals surface area contributed by atoms with Gasteiger partial charge in [-0.3, -0.25) is 4.79 Å². The highest BCUT2D eigenvalue weighted by Gasteiger charge is 2.27. The molecule has 3 aromatic rings. The Hall–Kier alpha value is -3.01. The van der Waals surface area contributed by atoms with Gasteiger partial charge in [0.2, 0.25) is 17.5 Å². The van der Waals surface area contributed by atoms with Gasteiger partial charge in [-0.2, -0.15) is 10.2 Å². The van der Waals surface area contributed by atoms with Crippen molar-refractivity contribution in [2.45, 2.75) is 0 Å². The average molecular weight is 427 g/mol. The third kappa shape index (κ3) is 3.93. The average Bonchev–Trinajstić information content (AvgIpc) is 3.18. The molecule has 1 aliphatic rings. The lowest BCUT2D eigenvalue weighted by atomic mass is 10.2. The molecule has 2 heterocycles. The van der Waals surface area contributed by atoms with E-state index < -0.39 is 0 Å². The fourth-order valence-corrected chi connectivity index (χ4v) is 3.67. The fourth-order valence-electron chi connectivity index (χ4n) is 3.27. The Labute approximate surface area is 177 Å². The van der Waals surface area contributed by atoms with Gasteiger partial charge in [-0.05, 0) is 30.3 Å². The molecule has 8 heteroatoms. The molecule has 0 unspecified atom stereocenters. The summed E-state index contributed by atoms with van der Waals surface area (Å²) in [5, 5.41) is 10.5. The van der Waals surface area contributed by atoms with Gasteiger partial charge in [-0.1, -0.05) is 41.4 Å². The van der Waals surface area contributed by atoms with Crippen molar-refractivity contribution in [3.05, 3.63) is 69.8 Å². The summed E-state index contributed by atoms with van der Waals surface area (Å²) in [6.45, 7) is 2.05. The monoisotopic (exact) mass is 426 g/mol. The lowest BCUT2D eigenvalue weighted by Crippen LogP contribution is -2.48. The second kappa shape index (κ2) is 8.16. The highest BCUT2D eigenvalue weighted by Crippen LogP contribution is 2.32. The lowest BCUT2D eigenvalue weighted by Gasteiger charge is -2.34. The van der Waals surface area contributed by atoms with Crippen molar-refractivity contribution in [3.8, 4) is 17.5 Å². The molecular weight excluding hydrogens is 411 g/mol. The number of hydrogen-bond acceptors (Lipinski definition) is 5.